The Kier molecular flexibility index (Phi) is 2.76. The molecule has 5 nitrogen and oxygen atoms in total. The lowest BCUT2D eigenvalue weighted by molar-refractivity contribution is 0.602. The van der Waals surface area contributed by atoms with Crippen LogP contribution in [0.5, 0.6) is 0 Å². The van der Waals surface area contributed by atoms with Crippen LogP contribution in [-0.2, 0) is 9.84 Å². The maximum atomic E-state index is 11.1. The molecule has 6 heteroatoms. The molecule has 0 fully saturated rings. The molecule has 0 unspecified atom stereocenters. The maximum Gasteiger partial charge on any atom is 0.190 e. The van der Waals surface area contributed by atoms with Crippen molar-refractivity contribution in [1.29, 1.82) is 5.41 Å². The molecule has 76 valence electrons. The van der Waals surface area contributed by atoms with Crippen molar-refractivity contribution in [2.24, 2.45) is 5.73 Å². The molecule has 1 aromatic rings. The van der Waals surface area contributed by atoms with Gasteiger partial charge in [-0.2, -0.15) is 0 Å². The second-order valence-corrected chi connectivity index (χ2v) is 4.85. The van der Waals surface area contributed by atoms with Crippen LogP contribution in [0.25, 0.3) is 0 Å². The van der Waals surface area contributed by atoms with Gasteiger partial charge in [-0.25, -0.2) is 8.42 Å². The predicted octanol–water partition coefficient (Wildman–Crippen LogP) is 0.395. The fourth-order valence-electron chi connectivity index (χ4n) is 0.941. The highest BCUT2D eigenvalue weighted by Gasteiger charge is 2.05. The van der Waals surface area contributed by atoms with Crippen molar-refractivity contribution in [2.75, 3.05) is 11.6 Å². The zero-order chi connectivity index (χ0) is 10.8. The highest BCUT2D eigenvalue weighted by Crippen LogP contribution is 2.13. The van der Waals surface area contributed by atoms with Gasteiger partial charge >= 0.3 is 0 Å². The van der Waals surface area contributed by atoms with Gasteiger partial charge in [0.2, 0.25) is 0 Å². The quantitative estimate of drug-likeness (QED) is 0.489. The molecule has 0 aliphatic carbocycles. The number of hydrogen-bond donors (Lipinski definition) is 3. The summed E-state index contributed by atoms with van der Waals surface area (Å²) >= 11 is 0. The van der Waals surface area contributed by atoms with Crippen LogP contribution in [0, 0.1) is 5.41 Å². The van der Waals surface area contributed by atoms with Crippen LogP contribution < -0.4 is 11.1 Å². The smallest absolute Gasteiger partial charge is 0.190 e. The van der Waals surface area contributed by atoms with Crippen LogP contribution in [-0.4, -0.2) is 20.6 Å². The van der Waals surface area contributed by atoms with Gasteiger partial charge in [0.05, 0.1) is 4.90 Å². The second-order valence-electron chi connectivity index (χ2n) is 2.84. The molecule has 0 aliphatic rings. The first-order valence-corrected chi connectivity index (χ1v) is 5.70. The molecule has 4 N–H and O–H groups in total. The van der Waals surface area contributed by atoms with Gasteiger partial charge in [-0.15, -0.1) is 0 Å². The molecule has 0 aliphatic heterocycles. The van der Waals surface area contributed by atoms with Gasteiger partial charge in [0.15, 0.2) is 15.8 Å². The second kappa shape index (κ2) is 3.67. The van der Waals surface area contributed by atoms with Gasteiger partial charge in [-0.05, 0) is 24.3 Å². The van der Waals surface area contributed by atoms with E-state index < -0.39 is 9.84 Å². The van der Waals surface area contributed by atoms with E-state index in [9.17, 15) is 8.42 Å². The fraction of sp³-hybridized carbons (Fsp3) is 0.125. The summed E-state index contributed by atoms with van der Waals surface area (Å²) in [5.74, 6) is -0.183. The average Bonchev–Trinajstić information content (AvgIpc) is 2.02. The summed E-state index contributed by atoms with van der Waals surface area (Å²) in [6.07, 6.45) is 1.14. The first-order chi connectivity index (χ1) is 6.39. The van der Waals surface area contributed by atoms with E-state index in [2.05, 4.69) is 5.32 Å². The zero-order valence-electron chi connectivity index (χ0n) is 7.61. The Labute approximate surface area is 82.4 Å². The molecule has 0 heterocycles. The van der Waals surface area contributed by atoms with Gasteiger partial charge < -0.3 is 11.1 Å². The fourth-order valence-corrected chi connectivity index (χ4v) is 1.57. The molecule has 0 spiro atoms. The van der Waals surface area contributed by atoms with Crippen LogP contribution in [0.3, 0.4) is 0 Å². The minimum absolute atomic E-state index is 0.183. The summed E-state index contributed by atoms with van der Waals surface area (Å²) < 4.78 is 22.2. The number of benzene rings is 1. The number of hydrogen-bond acceptors (Lipinski definition) is 3. The molecule has 0 saturated carbocycles. The van der Waals surface area contributed by atoms with E-state index in [1.165, 1.54) is 12.1 Å². The van der Waals surface area contributed by atoms with Crippen molar-refractivity contribution >= 4 is 21.5 Å². The van der Waals surface area contributed by atoms with E-state index in [0.29, 0.717) is 5.69 Å². The Morgan fingerprint density at radius 1 is 1.36 bits per heavy atom. The van der Waals surface area contributed by atoms with Crippen molar-refractivity contribution < 1.29 is 8.42 Å². The molecule has 1 aromatic carbocycles. The SMILES string of the molecule is CS(=O)(=O)c1ccc(NC(=N)N)cc1. The molecule has 0 atom stereocenters. The highest BCUT2D eigenvalue weighted by atomic mass is 32.2. The molecule has 0 radical (unpaired) electrons. The Bertz CT molecular complexity index is 436. The minimum atomic E-state index is -3.16. The summed E-state index contributed by atoms with van der Waals surface area (Å²) in [5.41, 5.74) is 5.69. The van der Waals surface area contributed by atoms with Crippen molar-refractivity contribution in [2.45, 2.75) is 4.90 Å². The monoisotopic (exact) mass is 213 g/mol. The maximum absolute atomic E-state index is 11.1. The molecule has 0 bridgehead atoms. The number of anilines is 1. The number of guanidine groups is 1. The summed E-state index contributed by atoms with van der Waals surface area (Å²) in [6, 6.07) is 6.02. The number of sulfone groups is 1. The van der Waals surface area contributed by atoms with Crippen molar-refractivity contribution in [3.63, 3.8) is 0 Å². The Balaban J connectivity index is 2.95. The molecule has 14 heavy (non-hydrogen) atoms. The van der Waals surface area contributed by atoms with Gasteiger partial charge in [0, 0.05) is 11.9 Å². The van der Waals surface area contributed by atoms with Crippen LogP contribution >= 0.6 is 0 Å². The summed E-state index contributed by atoms with van der Waals surface area (Å²) in [4.78, 5) is 0.242. The van der Waals surface area contributed by atoms with E-state index in [0.717, 1.165) is 6.26 Å². The van der Waals surface area contributed by atoms with Crippen molar-refractivity contribution in [1.82, 2.24) is 0 Å². The molecule has 0 saturated heterocycles. The average molecular weight is 213 g/mol. The van der Waals surface area contributed by atoms with Crippen LogP contribution in [0.2, 0.25) is 0 Å². The van der Waals surface area contributed by atoms with E-state index in [-0.39, 0.29) is 10.9 Å². The highest BCUT2D eigenvalue weighted by molar-refractivity contribution is 7.90. The van der Waals surface area contributed by atoms with E-state index in [4.69, 9.17) is 11.1 Å². The molecule has 1 rings (SSSR count). The number of nitrogens with two attached hydrogens (primary N) is 1. The third kappa shape index (κ3) is 2.74. The lowest BCUT2D eigenvalue weighted by atomic mass is 10.3. The summed E-state index contributed by atoms with van der Waals surface area (Å²) in [6.45, 7) is 0. The standard InChI is InChI=1S/C8H11N3O2S/c1-14(12,13)7-4-2-6(3-5-7)11-8(9)10/h2-5H,1H3,(H4,9,10,11). The number of rotatable bonds is 2. The molecular formula is C8H11N3O2S. The predicted molar refractivity (Wildman–Crippen MR) is 55.1 cm³/mol. The van der Waals surface area contributed by atoms with Crippen LogP contribution in [0.1, 0.15) is 0 Å². The summed E-state index contributed by atoms with van der Waals surface area (Å²) in [7, 11) is -3.16. The molecule has 0 amide bonds. The Hall–Kier alpha value is -1.56. The van der Waals surface area contributed by atoms with Gasteiger partial charge in [0.25, 0.3) is 0 Å². The number of nitrogens with one attached hydrogen (secondary N) is 2. The third-order valence-electron chi connectivity index (χ3n) is 1.56. The first kappa shape index (κ1) is 10.5. The van der Waals surface area contributed by atoms with Crippen LogP contribution in [0.15, 0.2) is 29.2 Å². The van der Waals surface area contributed by atoms with Gasteiger partial charge in [0.1, 0.15) is 0 Å². The van der Waals surface area contributed by atoms with E-state index >= 15 is 0 Å². The third-order valence-corrected chi connectivity index (χ3v) is 2.69. The summed E-state index contributed by atoms with van der Waals surface area (Å²) in [5, 5.41) is 9.51. The minimum Gasteiger partial charge on any atom is -0.370 e. The van der Waals surface area contributed by atoms with E-state index in [1.54, 1.807) is 12.1 Å². The van der Waals surface area contributed by atoms with Gasteiger partial charge in [-0.1, -0.05) is 0 Å². The topological polar surface area (TPSA) is 96.0 Å². The zero-order valence-corrected chi connectivity index (χ0v) is 8.43. The largest absolute Gasteiger partial charge is 0.370 e. The lowest BCUT2D eigenvalue weighted by Crippen LogP contribution is -2.20. The van der Waals surface area contributed by atoms with Gasteiger partial charge in [-0.3, -0.25) is 5.41 Å². The van der Waals surface area contributed by atoms with E-state index in [1.807, 2.05) is 0 Å². The van der Waals surface area contributed by atoms with Crippen molar-refractivity contribution in [3.8, 4) is 0 Å². The van der Waals surface area contributed by atoms with Crippen LogP contribution in [0.4, 0.5) is 5.69 Å². The van der Waals surface area contributed by atoms with Crippen molar-refractivity contribution in [3.05, 3.63) is 24.3 Å². The normalized spacial score (nSPS) is 10.9. The lowest BCUT2D eigenvalue weighted by Gasteiger charge is -2.03. The molecular weight excluding hydrogens is 202 g/mol. The first-order valence-electron chi connectivity index (χ1n) is 3.81. The Morgan fingerprint density at radius 3 is 2.21 bits per heavy atom. The molecule has 0 aromatic heterocycles. The Morgan fingerprint density at radius 2 is 1.86 bits per heavy atom.